The SMILES string of the molecule is CCc1c2c(nc3ccc(OC=O)cc13)/C(=C/C1=C(C=O)COC(=O)C1O)N(C)C2. The monoisotopic (exact) mass is 408 g/mol. The van der Waals surface area contributed by atoms with Crippen LogP contribution in [0.3, 0.4) is 0 Å². The summed E-state index contributed by atoms with van der Waals surface area (Å²) in [4.78, 5) is 40.7. The Morgan fingerprint density at radius 2 is 2.17 bits per heavy atom. The van der Waals surface area contributed by atoms with E-state index in [4.69, 9.17) is 14.5 Å². The highest BCUT2D eigenvalue weighted by Crippen LogP contribution is 2.38. The van der Waals surface area contributed by atoms with E-state index < -0.39 is 12.1 Å². The number of aryl methyl sites for hydroxylation is 1. The first kappa shape index (κ1) is 19.8. The Balaban J connectivity index is 1.91. The molecule has 30 heavy (non-hydrogen) atoms. The van der Waals surface area contributed by atoms with Gasteiger partial charge in [-0.2, -0.15) is 0 Å². The van der Waals surface area contributed by atoms with Gasteiger partial charge in [-0.15, -0.1) is 0 Å². The third kappa shape index (κ3) is 3.15. The Morgan fingerprint density at radius 1 is 1.37 bits per heavy atom. The maximum atomic E-state index is 11.8. The van der Waals surface area contributed by atoms with E-state index in [1.54, 1.807) is 24.3 Å². The van der Waals surface area contributed by atoms with Gasteiger partial charge in [0.05, 0.1) is 16.9 Å². The van der Waals surface area contributed by atoms with Crippen molar-refractivity contribution in [3.8, 4) is 5.75 Å². The van der Waals surface area contributed by atoms with Gasteiger partial charge in [0.1, 0.15) is 18.6 Å². The van der Waals surface area contributed by atoms with Gasteiger partial charge in [0.15, 0.2) is 6.10 Å². The molecule has 0 saturated carbocycles. The molecule has 154 valence electrons. The van der Waals surface area contributed by atoms with E-state index in [0.29, 0.717) is 30.7 Å². The topological polar surface area (TPSA) is 106 Å². The summed E-state index contributed by atoms with van der Waals surface area (Å²) in [6.45, 7) is 2.84. The van der Waals surface area contributed by atoms with Gasteiger partial charge in [-0.3, -0.25) is 9.59 Å². The molecule has 0 bridgehead atoms. The fourth-order valence-corrected chi connectivity index (χ4v) is 3.98. The van der Waals surface area contributed by atoms with Gasteiger partial charge in [-0.1, -0.05) is 6.92 Å². The summed E-state index contributed by atoms with van der Waals surface area (Å²) in [7, 11) is 1.88. The number of pyridine rings is 1. The first-order valence-corrected chi connectivity index (χ1v) is 9.50. The highest BCUT2D eigenvalue weighted by molar-refractivity contribution is 5.91. The standard InChI is InChI=1S/C22H20N2O6/c1-3-14-16-6-13(30-11-26)4-5-18(16)23-20-17(14)8-24(2)19(20)7-15-12(9-25)10-29-22(28)21(15)27/h4-7,9,11,21,27H,3,8,10H2,1-2H3/b19-7-. The molecule has 1 atom stereocenters. The lowest BCUT2D eigenvalue weighted by Gasteiger charge is -2.21. The van der Waals surface area contributed by atoms with Crippen LogP contribution in [-0.4, -0.2) is 53.5 Å². The molecule has 2 aliphatic heterocycles. The lowest BCUT2D eigenvalue weighted by Crippen LogP contribution is -2.32. The van der Waals surface area contributed by atoms with Crippen molar-refractivity contribution in [3.05, 3.63) is 52.2 Å². The number of aliphatic hydroxyl groups is 1. The minimum Gasteiger partial charge on any atom is -0.459 e. The highest BCUT2D eigenvalue weighted by Gasteiger charge is 2.32. The largest absolute Gasteiger partial charge is 0.459 e. The van der Waals surface area contributed by atoms with E-state index >= 15 is 0 Å². The average molecular weight is 408 g/mol. The molecule has 0 fully saturated rings. The van der Waals surface area contributed by atoms with Gasteiger partial charge < -0.3 is 19.5 Å². The van der Waals surface area contributed by atoms with Gasteiger partial charge in [0.2, 0.25) is 0 Å². The number of fused-ring (bicyclic) bond motifs is 2. The molecule has 1 N–H and O–H groups in total. The molecule has 4 rings (SSSR count). The molecule has 8 nitrogen and oxygen atoms in total. The predicted molar refractivity (Wildman–Crippen MR) is 107 cm³/mol. The Labute approximate surface area is 172 Å². The molecule has 0 radical (unpaired) electrons. The fraction of sp³-hybridized carbons (Fsp3) is 0.273. The number of rotatable bonds is 5. The van der Waals surface area contributed by atoms with Crippen molar-refractivity contribution in [3.63, 3.8) is 0 Å². The number of aromatic nitrogens is 1. The summed E-state index contributed by atoms with van der Waals surface area (Å²) in [6.07, 6.45) is 1.46. The molecule has 0 aliphatic carbocycles. The van der Waals surface area contributed by atoms with Crippen molar-refractivity contribution in [1.82, 2.24) is 9.88 Å². The number of cyclic esters (lactones) is 1. The van der Waals surface area contributed by atoms with Crippen LogP contribution >= 0.6 is 0 Å². The van der Waals surface area contributed by atoms with Crippen molar-refractivity contribution in [2.24, 2.45) is 0 Å². The van der Waals surface area contributed by atoms with E-state index in [9.17, 15) is 19.5 Å². The number of carbonyl (C=O) groups is 3. The number of nitrogens with zero attached hydrogens (tertiary/aromatic N) is 2. The first-order chi connectivity index (χ1) is 14.5. The highest BCUT2D eigenvalue weighted by atomic mass is 16.5. The zero-order valence-electron chi connectivity index (χ0n) is 16.5. The molecule has 0 saturated heterocycles. The average Bonchev–Trinajstić information content (AvgIpc) is 3.05. The fourth-order valence-electron chi connectivity index (χ4n) is 3.98. The molecule has 2 aliphatic rings. The predicted octanol–water partition coefficient (Wildman–Crippen LogP) is 1.53. The molecule has 1 aromatic heterocycles. The molecular formula is C22H20N2O6. The Morgan fingerprint density at radius 3 is 2.87 bits per heavy atom. The Kier molecular flexibility index (Phi) is 5.09. The van der Waals surface area contributed by atoms with Crippen LogP contribution in [0.4, 0.5) is 0 Å². The van der Waals surface area contributed by atoms with Gasteiger partial charge >= 0.3 is 5.97 Å². The number of aldehydes is 1. The van der Waals surface area contributed by atoms with E-state index in [1.807, 2.05) is 18.9 Å². The number of hydrogen-bond acceptors (Lipinski definition) is 8. The van der Waals surface area contributed by atoms with Gasteiger partial charge in [-0.25, -0.2) is 9.78 Å². The second kappa shape index (κ2) is 7.72. The van der Waals surface area contributed by atoms with E-state index in [0.717, 1.165) is 34.1 Å². The Bertz CT molecular complexity index is 1130. The van der Waals surface area contributed by atoms with Crippen molar-refractivity contribution in [2.45, 2.75) is 26.0 Å². The van der Waals surface area contributed by atoms with Crippen LogP contribution in [-0.2, 0) is 32.1 Å². The first-order valence-electron chi connectivity index (χ1n) is 9.50. The third-order valence-corrected chi connectivity index (χ3v) is 5.46. The van der Waals surface area contributed by atoms with Crippen LogP contribution in [0.1, 0.15) is 23.7 Å². The second-order valence-corrected chi connectivity index (χ2v) is 7.16. The minimum atomic E-state index is -1.52. The van der Waals surface area contributed by atoms with Crippen molar-refractivity contribution < 1.29 is 29.0 Å². The number of benzene rings is 1. The van der Waals surface area contributed by atoms with Crippen molar-refractivity contribution in [1.29, 1.82) is 0 Å². The van der Waals surface area contributed by atoms with Crippen molar-refractivity contribution in [2.75, 3.05) is 13.7 Å². The number of hydrogen-bond donors (Lipinski definition) is 1. The normalized spacial score (nSPS) is 19.8. The summed E-state index contributed by atoms with van der Waals surface area (Å²) >= 11 is 0. The molecule has 1 unspecified atom stereocenters. The molecule has 2 aromatic rings. The summed E-state index contributed by atoms with van der Waals surface area (Å²) in [5.41, 5.74) is 4.72. The number of aliphatic hydroxyl groups excluding tert-OH is 1. The third-order valence-electron chi connectivity index (χ3n) is 5.46. The molecule has 0 spiro atoms. The maximum Gasteiger partial charge on any atom is 0.340 e. The molecule has 8 heteroatoms. The van der Waals surface area contributed by atoms with Crippen LogP contribution in [0.15, 0.2) is 35.4 Å². The number of ether oxygens (including phenoxy) is 2. The summed E-state index contributed by atoms with van der Waals surface area (Å²) in [5, 5.41) is 11.2. The van der Waals surface area contributed by atoms with Crippen LogP contribution < -0.4 is 4.74 Å². The number of carbonyl (C=O) groups excluding carboxylic acids is 3. The lowest BCUT2D eigenvalue weighted by atomic mass is 9.97. The lowest BCUT2D eigenvalue weighted by molar-refractivity contribution is -0.152. The molecule has 0 amide bonds. The second-order valence-electron chi connectivity index (χ2n) is 7.16. The smallest absolute Gasteiger partial charge is 0.340 e. The molecule has 3 heterocycles. The summed E-state index contributed by atoms with van der Waals surface area (Å²) in [5.74, 6) is -0.336. The zero-order chi connectivity index (χ0) is 21.4. The van der Waals surface area contributed by atoms with Gasteiger partial charge in [0, 0.05) is 35.7 Å². The van der Waals surface area contributed by atoms with E-state index in [-0.39, 0.29) is 17.8 Å². The van der Waals surface area contributed by atoms with Crippen LogP contribution in [0.5, 0.6) is 5.75 Å². The van der Waals surface area contributed by atoms with Gasteiger partial charge in [-0.05, 0) is 36.3 Å². The summed E-state index contributed by atoms with van der Waals surface area (Å²) < 4.78 is 9.82. The van der Waals surface area contributed by atoms with Crippen molar-refractivity contribution >= 4 is 35.3 Å². The van der Waals surface area contributed by atoms with Crippen LogP contribution in [0, 0.1) is 0 Å². The van der Waals surface area contributed by atoms with Gasteiger partial charge in [0.25, 0.3) is 6.47 Å². The maximum absolute atomic E-state index is 11.8. The molecular weight excluding hydrogens is 388 g/mol. The van der Waals surface area contributed by atoms with E-state index in [1.165, 1.54) is 0 Å². The zero-order valence-corrected chi connectivity index (χ0v) is 16.5. The summed E-state index contributed by atoms with van der Waals surface area (Å²) in [6, 6.07) is 5.25. The van der Waals surface area contributed by atoms with Crippen LogP contribution in [0.2, 0.25) is 0 Å². The Hall–Kier alpha value is -3.52. The quantitative estimate of drug-likeness (QED) is 0.587. The van der Waals surface area contributed by atoms with E-state index in [2.05, 4.69) is 0 Å². The minimum absolute atomic E-state index is 0.167. The molecule has 1 aromatic carbocycles. The number of esters is 1. The van der Waals surface area contributed by atoms with Crippen LogP contribution in [0.25, 0.3) is 16.6 Å².